The molecule has 0 radical (unpaired) electrons. The summed E-state index contributed by atoms with van der Waals surface area (Å²) in [6.45, 7) is 3.65. The second kappa shape index (κ2) is 3.55. The molecule has 1 aromatic heterocycles. The van der Waals surface area contributed by atoms with Crippen molar-refractivity contribution >= 4 is 0 Å². The van der Waals surface area contributed by atoms with E-state index < -0.39 is 6.41 Å². The van der Waals surface area contributed by atoms with Crippen molar-refractivity contribution in [3.63, 3.8) is 0 Å². The minimum absolute atomic E-state index is 0. The van der Waals surface area contributed by atoms with E-state index in [0.717, 1.165) is 11.4 Å². The van der Waals surface area contributed by atoms with Crippen molar-refractivity contribution < 1.29 is 10.2 Å². The molecule has 64 valence electrons. The molecule has 0 aromatic carbocycles. The van der Waals surface area contributed by atoms with E-state index in [9.17, 15) is 0 Å². The lowest BCUT2D eigenvalue weighted by atomic mass is 10.5. The van der Waals surface area contributed by atoms with Gasteiger partial charge in [0.15, 0.2) is 0 Å². The van der Waals surface area contributed by atoms with Crippen LogP contribution < -0.4 is 0 Å². The smallest absolute Gasteiger partial charge is 0.239 e. The van der Waals surface area contributed by atoms with Gasteiger partial charge in [0.2, 0.25) is 6.41 Å². The number of aryl methyl sites for hydroxylation is 2. The highest BCUT2D eigenvalue weighted by atomic mass is 16.5. The van der Waals surface area contributed by atoms with E-state index in [0.29, 0.717) is 0 Å². The van der Waals surface area contributed by atoms with Gasteiger partial charge in [0, 0.05) is 11.4 Å². The molecule has 0 unspecified atom stereocenters. The second-order valence-corrected chi connectivity index (χ2v) is 2.33. The normalized spacial score (nSPS) is 9.91. The third-order valence-corrected chi connectivity index (χ3v) is 1.56. The highest BCUT2D eigenvalue weighted by Crippen LogP contribution is 2.10. The SMILES string of the molecule is C.Cc1ccc(C)n1C(O)O. The molecule has 0 atom stereocenters. The Bertz CT molecular complexity index is 208. The number of aromatic nitrogens is 1. The van der Waals surface area contributed by atoms with Crippen molar-refractivity contribution in [1.82, 2.24) is 4.57 Å². The summed E-state index contributed by atoms with van der Waals surface area (Å²) in [7, 11) is 0. The molecule has 0 aliphatic rings. The Kier molecular flexibility index (Phi) is 3.29. The van der Waals surface area contributed by atoms with Crippen molar-refractivity contribution in [2.45, 2.75) is 27.7 Å². The van der Waals surface area contributed by atoms with Gasteiger partial charge in [0.05, 0.1) is 0 Å². The van der Waals surface area contributed by atoms with Gasteiger partial charge in [-0.2, -0.15) is 0 Å². The maximum Gasteiger partial charge on any atom is 0.239 e. The Morgan fingerprint density at radius 1 is 1.18 bits per heavy atom. The molecule has 3 nitrogen and oxygen atoms in total. The molecule has 0 aliphatic carbocycles. The van der Waals surface area contributed by atoms with Gasteiger partial charge in [-0.1, -0.05) is 7.43 Å². The molecule has 1 heterocycles. The molecule has 0 aliphatic heterocycles. The first-order chi connectivity index (χ1) is 4.63. The van der Waals surface area contributed by atoms with E-state index in [-0.39, 0.29) is 7.43 Å². The first-order valence-corrected chi connectivity index (χ1v) is 3.13. The van der Waals surface area contributed by atoms with Crippen LogP contribution in [0.4, 0.5) is 0 Å². The van der Waals surface area contributed by atoms with E-state index in [2.05, 4.69) is 0 Å². The molecular formula is C8H15NO2. The van der Waals surface area contributed by atoms with Gasteiger partial charge in [0.25, 0.3) is 0 Å². The molecule has 0 saturated carbocycles. The largest absolute Gasteiger partial charge is 0.351 e. The number of aliphatic hydroxyl groups excluding tert-OH is 1. The molecule has 0 amide bonds. The van der Waals surface area contributed by atoms with Crippen LogP contribution in [-0.4, -0.2) is 14.8 Å². The van der Waals surface area contributed by atoms with E-state index >= 15 is 0 Å². The fraction of sp³-hybridized carbons (Fsp3) is 0.500. The number of rotatable bonds is 1. The Morgan fingerprint density at radius 2 is 1.55 bits per heavy atom. The lowest BCUT2D eigenvalue weighted by Crippen LogP contribution is -2.09. The van der Waals surface area contributed by atoms with Crippen molar-refractivity contribution in [3.05, 3.63) is 23.5 Å². The lowest BCUT2D eigenvalue weighted by molar-refractivity contribution is -0.104. The zero-order chi connectivity index (χ0) is 7.72. The Hall–Kier alpha value is -0.800. The van der Waals surface area contributed by atoms with E-state index in [1.54, 1.807) is 0 Å². The standard InChI is InChI=1S/C7H11NO2.CH4/c1-5-3-4-6(2)8(5)7(9)10;/h3-4,7,9-10H,1-2H3;1H4. The van der Waals surface area contributed by atoms with Gasteiger partial charge < -0.3 is 14.8 Å². The fourth-order valence-corrected chi connectivity index (χ4v) is 1.04. The van der Waals surface area contributed by atoms with Gasteiger partial charge >= 0.3 is 0 Å². The van der Waals surface area contributed by atoms with Crippen LogP contribution in [0.25, 0.3) is 0 Å². The summed E-state index contributed by atoms with van der Waals surface area (Å²) in [5.41, 5.74) is 1.71. The van der Waals surface area contributed by atoms with E-state index in [1.165, 1.54) is 4.57 Å². The predicted molar refractivity (Wildman–Crippen MR) is 44.1 cm³/mol. The number of aliphatic hydroxyl groups is 2. The summed E-state index contributed by atoms with van der Waals surface area (Å²) < 4.78 is 1.44. The van der Waals surface area contributed by atoms with Crippen LogP contribution >= 0.6 is 0 Å². The minimum atomic E-state index is -1.41. The van der Waals surface area contributed by atoms with Crippen molar-refractivity contribution in [2.75, 3.05) is 0 Å². The average Bonchev–Trinajstić information content (AvgIpc) is 2.11. The van der Waals surface area contributed by atoms with Crippen LogP contribution in [0.1, 0.15) is 25.2 Å². The Balaban J connectivity index is 0.000001000. The summed E-state index contributed by atoms with van der Waals surface area (Å²) in [6, 6.07) is 3.68. The number of nitrogens with zero attached hydrogens (tertiary/aromatic N) is 1. The fourth-order valence-electron chi connectivity index (χ4n) is 1.04. The lowest BCUT2D eigenvalue weighted by Gasteiger charge is -2.09. The van der Waals surface area contributed by atoms with Crippen LogP contribution in [0.5, 0.6) is 0 Å². The summed E-state index contributed by atoms with van der Waals surface area (Å²) in [5.74, 6) is 0. The maximum absolute atomic E-state index is 8.79. The van der Waals surface area contributed by atoms with Crippen molar-refractivity contribution in [1.29, 1.82) is 0 Å². The van der Waals surface area contributed by atoms with Gasteiger partial charge in [-0.25, -0.2) is 0 Å². The molecule has 0 fully saturated rings. The highest BCUT2D eigenvalue weighted by Gasteiger charge is 2.05. The number of hydrogen-bond acceptors (Lipinski definition) is 2. The molecule has 0 bridgehead atoms. The van der Waals surface area contributed by atoms with Gasteiger partial charge in [0.1, 0.15) is 0 Å². The zero-order valence-corrected chi connectivity index (χ0v) is 6.07. The Labute approximate surface area is 66.9 Å². The van der Waals surface area contributed by atoms with Crippen LogP contribution in [0.3, 0.4) is 0 Å². The van der Waals surface area contributed by atoms with Crippen LogP contribution in [-0.2, 0) is 0 Å². The topological polar surface area (TPSA) is 45.4 Å². The van der Waals surface area contributed by atoms with Gasteiger partial charge in [-0.05, 0) is 26.0 Å². The van der Waals surface area contributed by atoms with Gasteiger partial charge in [-0.3, -0.25) is 0 Å². The first kappa shape index (κ1) is 10.2. The van der Waals surface area contributed by atoms with Crippen molar-refractivity contribution in [2.24, 2.45) is 0 Å². The molecule has 0 spiro atoms. The monoisotopic (exact) mass is 157 g/mol. The second-order valence-electron chi connectivity index (χ2n) is 2.33. The molecule has 1 rings (SSSR count). The predicted octanol–water partition coefficient (Wildman–Crippen LogP) is 1.18. The average molecular weight is 157 g/mol. The summed E-state index contributed by atoms with van der Waals surface area (Å²) in [4.78, 5) is 0. The molecule has 2 N–H and O–H groups in total. The molecule has 0 saturated heterocycles. The molecule has 1 aromatic rings. The highest BCUT2D eigenvalue weighted by molar-refractivity contribution is 5.13. The minimum Gasteiger partial charge on any atom is -0.351 e. The van der Waals surface area contributed by atoms with E-state index in [1.807, 2.05) is 26.0 Å². The summed E-state index contributed by atoms with van der Waals surface area (Å²) >= 11 is 0. The summed E-state index contributed by atoms with van der Waals surface area (Å²) in [6.07, 6.45) is -1.41. The van der Waals surface area contributed by atoms with E-state index in [4.69, 9.17) is 10.2 Å². The zero-order valence-electron chi connectivity index (χ0n) is 6.07. The summed E-state index contributed by atoms with van der Waals surface area (Å²) in [5, 5.41) is 17.6. The third-order valence-electron chi connectivity index (χ3n) is 1.56. The Morgan fingerprint density at radius 3 is 1.73 bits per heavy atom. The van der Waals surface area contributed by atoms with Crippen molar-refractivity contribution in [3.8, 4) is 0 Å². The van der Waals surface area contributed by atoms with Crippen LogP contribution in [0.15, 0.2) is 12.1 Å². The quantitative estimate of drug-likeness (QED) is 0.601. The van der Waals surface area contributed by atoms with Crippen LogP contribution in [0, 0.1) is 13.8 Å². The van der Waals surface area contributed by atoms with Gasteiger partial charge in [-0.15, -0.1) is 0 Å². The molecule has 3 heteroatoms. The molecular weight excluding hydrogens is 142 g/mol. The molecule has 11 heavy (non-hydrogen) atoms. The third kappa shape index (κ3) is 1.82. The number of hydrogen-bond donors (Lipinski definition) is 2. The first-order valence-electron chi connectivity index (χ1n) is 3.13. The maximum atomic E-state index is 8.79. The van der Waals surface area contributed by atoms with Crippen LogP contribution in [0.2, 0.25) is 0 Å².